The maximum absolute atomic E-state index is 10.9. The van der Waals surface area contributed by atoms with Crippen LogP contribution >= 0.6 is 0 Å². The van der Waals surface area contributed by atoms with Gasteiger partial charge in [-0.2, -0.15) is 0 Å². The first-order valence-electron chi connectivity index (χ1n) is 3.28. The summed E-state index contributed by atoms with van der Waals surface area (Å²) in [5.41, 5.74) is 0.471. The van der Waals surface area contributed by atoms with Gasteiger partial charge in [0.25, 0.3) is 0 Å². The van der Waals surface area contributed by atoms with E-state index in [4.69, 9.17) is 5.21 Å². The molecule has 0 spiro atoms. The van der Waals surface area contributed by atoms with E-state index in [0.29, 0.717) is 5.71 Å². The molecule has 0 atom stereocenters. The van der Waals surface area contributed by atoms with Crippen molar-refractivity contribution in [1.29, 1.82) is 0 Å². The minimum atomic E-state index is 0.0247. The van der Waals surface area contributed by atoms with Crippen molar-refractivity contribution in [3.8, 4) is 0 Å². The van der Waals surface area contributed by atoms with Crippen LogP contribution in [0.15, 0.2) is 5.16 Å². The highest BCUT2D eigenvalue weighted by Crippen LogP contribution is 1.99. The fourth-order valence-electron chi connectivity index (χ4n) is 0.492. The van der Waals surface area contributed by atoms with Crippen molar-refractivity contribution in [3.63, 3.8) is 0 Å². The molecule has 0 aliphatic rings. The number of carbonyl (C=O) groups is 1. The van der Waals surface area contributed by atoms with Gasteiger partial charge in [0, 0.05) is 12.3 Å². The highest BCUT2D eigenvalue weighted by molar-refractivity contribution is 6.01. The van der Waals surface area contributed by atoms with Crippen molar-refractivity contribution in [2.75, 3.05) is 0 Å². The van der Waals surface area contributed by atoms with E-state index in [2.05, 4.69) is 5.16 Å². The smallest absolute Gasteiger partial charge is 0.141 e. The molecule has 0 saturated carbocycles. The van der Waals surface area contributed by atoms with Crippen LogP contribution in [0, 0.1) is 5.92 Å². The Hall–Kier alpha value is -0.860. The zero-order valence-corrected chi connectivity index (χ0v) is 6.59. The first-order valence-corrected chi connectivity index (χ1v) is 3.28. The van der Waals surface area contributed by atoms with E-state index in [1.165, 1.54) is 0 Å². The van der Waals surface area contributed by atoms with E-state index in [1.54, 1.807) is 6.92 Å². The fourth-order valence-corrected chi connectivity index (χ4v) is 0.492. The van der Waals surface area contributed by atoms with E-state index in [9.17, 15) is 4.79 Å². The molecular weight excluding hydrogens is 130 g/mol. The Bertz CT molecular complexity index is 150. The number of oxime groups is 1. The third kappa shape index (κ3) is 3.22. The number of hydrogen-bond donors (Lipinski definition) is 1. The molecule has 58 valence electrons. The third-order valence-electron chi connectivity index (χ3n) is 1.24. The van der Waals surface area contributed by atoms with Gasteiger partial charge in [0.15, 0.2) is 0 Å². The van der Waals surface area contributed by atoms with Gasteiger partial charge in [-0.1, -0.05) is 19.0 Å². The molecule has 0 amide bonds. The summed E-state index contributed by atoms with van der Waals surface area (Å²) >= 11 is 0. The van der Waals surface area contributed by atoms with Gasteiger partial charge >= 0.3 is 0 Å². The van der Waals surface area contributed by atoms with Crippen LogP contribution in [-0.2, 0) is 4.79 Å². The molecule has 0 aromatic heterocycles. The lowest BCUT2D eigenvalue weighted by molar-refractivity contribution is -0.120. The Balaban J connectivity index is 3.81. The van der Waals surface area contributed by atoms with Gasteiger partial charge in [-0.3, -0.25) is 4.79 Å². The van der Waals surface area contributed by atoms with Crippen molar-refractivity contribution in [2.24, 2.45) is 11.1 Å². The molecule has 0 unspecified atom stereocenters. The zero-order valence-electron chi connectivity index (χ0n) is 6.59. The molecular formula is C7H13NO2. The lowest BCUT2D eigenvalue weighted by Crippen LogP contribution is -2.10. The lowest BCUT2D eigenvalue weighted by atomic mass is 10.0. The molecule has 10 heavy (non-hydrogen) atoms. The highest BCUT2D eigenvalue weighted by atomic mass is 16.4. The van der Waals surface area contributed by atoms with Crippen molar-refractivity contribution < 1.29 is 10.0 Å². The molecule has 1 N–H and O–H groups in total. The molecule has 0 aromatic rings. The largest absolute Gasteiger partial charge is 0.411 e. The van der Waals surface area contributed by atoms with E-state index < -0.39 is 0 Å². The number of carbonyl (C=O) groups excluding carboxylic acids is 1. The molecule has 3 nitrogen and oxygen atoms in total. The first kappa shape index (κ1) is 9.14. The Morgan fingerprint density at radius 2 is 2.10 bits per heavy atom. The standard InChI is InChI=1S/C7H13NO2/c1-5(2)7(9)4-6(3)8-10/h5,10H,4H2,1-3H3. The van der Waals surface area contributed by atoms with Gasteiger partial charge < -0.3 is 5.21 Å². The number of ketones is 1. The third-order valence-corrected chi connectivity index (χ3v) is 1.24. The predicted molar refractivity (Wildman–Crippen MR) is 39.4 cm³/mol. The van der Waals surface area contributed by atoms with Crippen molar-refractivity contribution in [2.45, 2.75) is 27.2 Å². The average Bonchev–Trinajstić information content (AvgIpc) is 1.87. The van der Waals surface area contributed by atoms with E-state index in [0.717, 1.165) is 0 Å². The molecule has 0 aromatic carbocycles. The lowest BCUT2D eigenvalue weighted by Gasteiger charge is -2.00. The van der Waals surface area contributed by atoms with Crippen LogP contribution in [-0.4, -0.2) is 16.7 Å². The Kier molecular flexibility index (Phi) is 3.69. The van der Waals surface area contributed by atoms with Crippen molar-refractivity contribution in [3.05, 3.63) is 0 Å². The second-order valence-corrected chi connectivity index (χ2v) is 2.63. The molecule has 3 heteroatoms. The van der Waals surface area contributed by atoms with Gasteiger partial charge in [0.2, 0.25) is 0 Å². The number of nitrogens with zero attached hydrogens (tertiary/aromatic N) is 1. The molecule has 0 heterocycles. The second-order valence-electron chi connectivity index (χ2n) is 2.63. The maximum Gasteiger partial charge on any atom is 0.141 e. The van der Waals surface area contributed by atoms with Crippen LogP contribution in [0.2, 0.25) is 0 Å². The molecule has 0 aliphatic heterocycles. The highest BCUT2D eigenvalue weighted by Gasteiger charge is 2.07. The van der Waals surface area contributed by atoms with Crippen molar-refractivity contribution >= 4 is 11.5 Å². The summed E-state index contributed by atoms with van der Waals surface area (Å²) in [7, 11) is 0. The summed E-state index contributed by atoms with van der Waals surface area (Å²) in [4.78, 5) is 10.9. The van der Waals surface area contributed by atoms with Crippen molar-refractivity contribution in [1.82, 2.24) is 0 Å². The predicted octanol–water partition coefficient (Wildman–Crippen LogP) is 1.45. The van der Waals surface area contributed by atoms with Crippen LogP contribution in [0.5, 0.6) is 0 Å². The summed E-state index contributed by atoms with van der Waals surface area (Å²) in [6.45, 7) is 5.28. The van der Waals surface area contributed by atoms with Crippen LogP contribution < -0.4 is 0 Å². The summed E-state index contributed by atoms with van der Waals surface area (Å²) in [5.74, 6) is 0.131. The topological polar surface area (TPSA) is 49.7 Å². The second kappa shape index (κ2) is 4.04. The summed E-state index contributed by atoms with van der Waals surface area (Å²) < 4.78 is 0. The minimum Gasteiger partial charge on any atom is -0.411 e. The Morgan fingerprint density at radius 3 is 2.40 bits per heavy atom. The van der Waals surface area contributed by atoms with E-state index in [1.807, 2.05) is 13.8 Å². The summed E-state index contributed by atoms with van der Waals surface area (Å²) in [6.07, 6.45) is 0.258. The number of rotatable bonds is 3. The quantitative estimate of drug-likeness (QED) is 0.369. The monoisotopic (exact) mass is 143 g/mol. The first-order chi connectivity index (χ1) is 4.57. The van der Waals surface area contributed by atoms with Gasteiger partial charge in [-0.05, 0) is 6.92 Å². The molecule has 0 radical (unpaired) electrons. The molecule has 0 fully saturated rings. The van der Waals surface area contributed by atoms with E-state index in [-0.39, 0.29) is 18.1 Å². The molecule has 0 bridgehead atoms. The van der Waals surface area contributed by atoms with Gasteiger partial charge in [0.05, 0.1) is 5.71 Å². The SMILES string of the molecule is CC(CC(=O)C(C)C)=NO. The number of Topliss-reactive ketones (excluding diaryl/α,β-unsaturated/α-hetero) is 1. The minimum absolute atomic E-state index is 0.0247. The fraction of sp³-hybridized carbons (Fsp3) is 0.714. The molecule has 0 rings (SSSR count). The van der Waals surface area contributed by atoms with Crippen LogP contribution in [0.3, 0.4) is 0 Å². The van der Waals surface area contributed by atoms with E-state index >= 15 is 0 Å². The van der Waals surface area contributed by atoms with Gasteiger partial charge in [-0.25, -0.2) is 0 Å². The summed E-state index contributed by atoms with van der Waals surface area (Å²) in [5, 5.41) is 11.1. The average molecular weight is 143 g/mol. The number of hydrogen-bond acceptors (Lipinski definition) is 3. The Morgan fingerprint density at radius 1 is 1.60 bits per heavy atom. The van der Waals surface area contributed by atoms with Gasteiger partial charge in [0.1, 0.15) is 5.78 Å². The van der Waals surface area contributed by atoms with Crippen LogP contribution in [0.1, 0.15) is 27.2 Å². The zero-order chi connectivity index (χ0) is 8.15. The van der Waals surface area contributed by atoms with Crippen LogP contribution in [0.25, 0.3) is 0 Å². The molecule has 0 saturated heterocycles. The van der Waals surface area contributed by atoms with Crippen LogP contribution in [0.4, 0.5) is 0 Å². The maximum atomic E-state index is 10.9. The molecule has 0 aliphatic carbocycles. The summed E-state index contributed by atoms with van der Waals surface area (Å²) in [6, 6.07) is 0. The Labute approximate surface area is 60.7 Å². The normalized spacial score (nSPS) is 12.2. The van der Waals surface area contributed by atoms with Gasteiger partial charge in [-0.15, -0.1) is 0 Å².